The highest BCUT2D eigenvalue weighted by Crippen LogP contribution is 2.28. The minimum Gasteiger partial charge on any atom is -0.491 e. The Morgan fingerprint density at radius 3 is 2.50 bits per heavy atom. The Morgan fingerprint density at radius 1 is 1.32 bits per heavy atom. The summed E-state index contributed by atoms with van der Waals surface area (Å²) in [5.74, 6) is 0.835. The molecule has 2 atom stereocenters. The normalized spacial score (nSPS) is 22.7. The van der Waals surface area contributed by atoms with E-state index in [0.29, 0.717) is 25.1 Å². The van der Waals surface area contributed by atoms with Gasteiger partial charge in [-0.15, -0.1) is 0 Å². The van der Waals surface area contributed by atoms with Crippen LogP contribution in [0.2, 0.25) is 0 Å². The fourth-order valence-corrected chi connectivity index (χ4v) is 4.28. The Labute approximate surface area is 131 Å². The summed E-state index contributed by atoms with van der Waals surface area (Å²) in [7, 11) is -3.63. The van der Waals surface area contributed by atoms with Crippen LogP contribution in [0.4, 0.5) is 0 Å². The van der Waals surface area contributed by atoms with Crippen molar-refractivity contribution in [2.24, 2.45) is 5.92 Å². The van der Waals surface area contributed by atoms with Gasteiger partial charge < -0.3 is 10.1 Å². The summed E-state index contributed by atoms with van der Waals surface area (Å²) in [5, 5.41) is 2.58. The van der Waals surface area contributed by atoms with Crippen molar-refractivity contribution in [2.45, 2.75) is 44.4 Å². The standard InChI is InChI=1S/C15H22N2O4S/c1-11(2)21-13-4-6-14(7-5-13)22(19,20)17-9-12(3)8-15(17)16-10-18/h4-7,10-12,15H,8-9H2,1-3H3,(H,16,18)/t12-,15+/m0/s1. The minimum atomic E-state index is -3.63. The third-order valence-electron chi connectivity index (χ3n) is 3.53. The molecular weight excluding hydrogens is 304 g/mol. The number of hydrogen-bond acceptors (Lipinski definition) is 4. The Kier molecular flexibility index (Phi) is 5.08. The molecule has 1 aromatic rings. The van der Waals surface area contributed by atoms with Crippen LogP contribution in [-0.2, 0) is 14.8 Å². The molecular formula is C15H22N2O4S. The number of nitrogens with one attached hydrogen (secondary N) is 1. The van der Waals surface area contributed by atoms with E-state index in [1.165, 1.54) is 16.4 Å². The highest BCUT2D eigenvalue weighted by molar-refractivity contribution is 7.89. The van der Waals surface area contributed by atoms with Crippen LogP contribution in [0.15, 0.2) is 29.2 Å². The molecule has 1 heterocycles. The Hall–Kier alpha value is -1.60. The summed E-state index contributed by atoms with van der Waals surface area (Å²) < 4.78 is 32.3. The SMILES string of the molecule is CC(C)Oc1ccc(S(=O)(=O)N2C[C@@H](C)C[C@@H]2NC=O)cc1. The van der Waals surface area contributed by atoms with Crippen LogP contribution in [0.1, 0.15) is 27.2 Å². The zero-order chi connectivity index (χ0) is 16.3. The molecule has 0 aromatic heterocycles. The fraction of sp³-hybridized carbons (Fsp3) is 0.533. The van der Waals surface area contributed by atoms with Crippen molar-refractivity contribution in [3.63, 3.8) is 0 Å². The number of rotatable bonds is 6. The highest BCUT2D eigenvalue weighted by atomic mass is 32.2. The van der Waals surface area contributed by atoms with Gasteiger partial charge in [-0.1, -0.05) is 6.92 Å². The topological polar surface area (TPSA) is 75.7 Å². The molecule has 0 aliphatic carbocycles. The van der Waals surface area contributed by atoms with Crippen LogP contribution >= 0.6 is 0 Å². The summed E-state index contributed by atoms with van der Waals surface area (Å²) in [6.45, 7) is 6.19. The van der Waals surface area contributed by atoms with E-state index in [-0.39, 0.29) is 16.9 Å². The summed E-state index contributed by atoms with van der Waals surface area (Å²) in [6, 6.07) is 6.37. The summed E-state index contributed by atoms with van der Waals surface area (Å²) in [5.41, 5.74) is 0. The number of sulfonamides is 1. The predicted octanol–water partition coefficient (Wildman–Crippen LogP) is 1.58. The summed E-state index contributed by atoms with van der Waals surface area (Å²) >= 11 is 0. The molecule has 1 amide bonds. The van der Waals surface area contributed by atoms with Crippen molar-refractivity contribution in [1.29, 1.82) is 0 Å². The average molecular weight is 326 g/mol. The lowest BCUT2D eigenvalue weighted by molar-refractivity contribution is -0.110. The van der Waals surface area contributed by atoms with Crippen molar-refractivity contribution in [3.05, 3.63) is 24.3 Å². The minimum absolute atomic E-state index is 0.0306. The monoisotopic (exact) mass is 326 g/mol. The highest BCUT2D eigenvalue weighted by Gasteiger charge is 2.38. The van der Waals surface area contributed by atoms with Crippen molar-refractivity contribution < 1.29 is 17.9 Å². The molecule has 1 fully saturated rings. The molecule has 1 aliphatic heterocycles. The van der Waals surface area contributed by atoms with Crippen LogP contribution in [0.5, 0.6) is 5.75 Å². The van der Waals surface area contributed by atoms with Crippen LogP contribution < -0.4 is 10.1 Å². The number of carbonyl (C=O) groups is 1. The summed E-state index contributed by atoms with van der Waals surface area (Å²) in [4.78, 5) is 10.9. The molecule has 7 heteroatoms. The van der Waals surface area contributed by atoms with Gasteiger partial charge in [-0.25, -0.2) is 8.42 Å². The maximum atomic E-state index is 12.7. The first-order valence-corrected chi connectivity index (χ1v) is 8.77. The van der Waals surface area contributed by atoms with Gasteiger partial charge in [-0.2, -0.15) is 4.31 Å². The second kappa shape index (κ2) is 6.66. The molecule has 0 radical (unpaired) electrons. The lowest BCUT2D eigenvalue weighted by atomic mass is 10.1. The van der Waals surface area contributed by atoms with E-state index in [2.05, 4.69) is 5.32 Å². The maximum Gasteiger partial charge on any atom is 0.244 e. The molecule has 122 valence electrons. The molecule has 1 N–H and O–H groups in total. The number of hydrogen-bond donors (Lipinski definition) is 1. The third-order valence-corrected chi connectivity index (χ3v) is 5.42. The molecule has 1 saturated heterocycles. The molecule has 0 spiro atoms. The Morgan fingerprint density at radius 2 is 1.95 bits per heavy atom. The first kappa shape index (κ1) is 16.8. The van der Waals surface area contributed by atoms with E-state index in [0.717, 1.165) is 0 Å². The second-order valence-corrected chi connectivity index (χ2v) is 7.74. The fourth-order valence-electron chi connectivity index (χ4n) is 2.60. The van der Waals surface area contributed by atoms with Gasteiger partial charge in [0.05, 0.1) is 17.2 Å². The first-order chi connectivity index (χ1) is 10.3. The zero-order valence-electron chi connectivity index (χ0n) is 13.0. The van der Waals surface area contributed by atoms with Crippen LogP contribution in [-0.4, -0.2) is 37.9 Å². The predicted molar refractivity (Wildman–Crippen MR) is 82.9 cm³/mol. The number of amides is 1. The van der Waals surface area contributed by atoms with Crippen molar-refractivity contribution in [2.75, 3.05) is 6.54 Å². The van der Waals surface area contributed by atoms with E-state index in [1.54, 1.807) is 12.1 Å². The van der Waals surface area contributed by atoms with Crippen molar-refractivity contribution >= 4 is 16.4 Å². The van der Waals surface area contributed by atoms with E-state index in [4.69, 9.17) is 4.74 Å². The quantitative estimate of drug-likeness (QED) is 0.805. The number of ether oxygens (including phenoxy) is 1. The molecule has 22 heavy (non-hydrogen) atoms. The van der Waals surface area contributed by atoms with Gasteiger partial charge in [-0.3, -0.25) is 4.79 Å². The molecule has 0 saturated carbocycles. The lowest BCUT2D eigenvalue weighted by Crippen LogP contribution is -2.43. The molecule has 6 nitrogen and oxygen atoms in total. The molecule has 1 aliphatic rings. The smallest absolute Gasteiger partial charge is 0.244 e. The van der Waals surface area contributed by atoms with Gasteiger partial charge in [0.1, 0.15) is 5.75 Å². The zero-order valence-corrected chi connectivity index (χ0v) is 13.8. The Bertz CT molecular complexity index is 613. The molecule has 2 rings (SSSR count). The van der Waals surface area contributed by atoms with E-state index < -0.39 is 16.2 Å². The molecule has 0 bridgehead atoms. The number of nitrogens with zero attached hydrogens (tertiary/aromatic N) is 1. The van der Waals surface area contributed by atoms with Gasteiger partial charge in [0.15, 0.2) is 0 Å². The van der Waals surface area contributed by atoms with Gasteiger partial charge in [0.25, 0.3) is 0 Å². The maximum absolute atomic E-state index is 12.7. The van der Waals surface area contributed by atoms with Crippen LogP contribution in [0.25, 0.3) is 0 Å². The van der Waals surface area contributed by atoms with Crippen LogP contribution in [0.3, 0.4) is 0 Å². The van der Waals surface area contributed by atoms with Gasteiger partial charge in [0, 0.05) is 6.54 Å². The van der Waals surface area contributed by atoms with Crippen molar-refractivity contribution in [1.82, 2.24) is 9.62 Å². The largest absolute Gasteiger partial charge is 0.491 e. The van der Waals surface area contributed by atoms with Gasteiger partial charge in [-0.05, 0) is 50.5 Å². The first-order valence-electron chi connectivity index (χ1n) is 7.33. The number of carbonyl (C=O) groups excluding carboxylic acids is 1. The average Bonchev–Trinajstić information content (AvgIpc) is 2.81. The molecule has 0 unspecified atom stereocenters. The van der Waals surface area contributed by atoms with Gasteiger partial charge >= 0.3 is 0 Å². The lowest BCUT2D eigenvalue weighted by Gasteiger charge is -2.23. The third kappa shape index (κ3) is 3.59. The van der Waals surface area contributed by atoms with Gasteiger partial charge in [0.2, 0.25) is 16.4 Å². The van der Waals surface area contributed by atoms with Crippen LogP contribution in [0, 0.1) is 5.92 Å². The Balaban J connectivity index is 2.23. The van der Waals surface area contributed by atoms with Crippen molar-refractivity contribution in [3.8, 4) is 5.75 Å². The van der Waals surface area contributed by atoms with E-state index in [9.17, 15) is 13.2 Å². The molecule has 1 aromatic carbocycles. The van der Waals surface area contributed by atoms with E-state index in [1.807, 2.05) is 20.8 Å². The number of benzene rings is 1. The second-order valence-electron chi connectivity index (χ2n) is 5.85. The summed E-state index contributed by atoms with van der Waals surface area (Å²) in [6.07, 6.45) is 0.712. The van der Waals surface area contributed by atoms with E-state index >= 15 is 0 Å².